The predicted octanol–water partition coefficient (Wildman–Crippen LogP) is 2.77. The average molecular weight is 243 g/mol. The summed E-state index contributed by atoms with van der Waals surface area (Å²) in [4.78, 5) is 0. The number of aromatic nitrogens is 2. The summed E-state index contributed by atoms with van der Waals surface area (Å²) in [7, 11) is 0. The van der Waals surface area contributed by atoms with Crippen LogP contribution in [0.3, 0.4) is 0 Å². The monoisotopic (exact) mass is 243 g/mol. The van der Waals surface area contributed by atoms with Crippen molar-refractivity contribution in [1.29, 1.82) is 0 Å². The van der Waals surface area contributed by atoms with E-state index in [2.05, 4.69) is 22.4 Å². The van der Waals surface area contributed by atoms with Crippen molar-refractivity contribution in [2.75, 3.05) is 6.54 Å². The van der Waals surface area contributed by atoms with Crippen LogP contribution in [0.2, 0.25) is 0 Å². The van der Waals surface area contributed by atoms with Crippen molar-refractivity contribution in [3.63, 3.8) is 0 Å². The van der Waals surface area contributed by atoms with E-state index in [1.165, 1.54) is 0 Å². The van der Waals surface area contributed by atoms with Crippen molar-refractivity contribution in [2.45, 2.75) is 19.9 Å². The molecule has 0 aliphatic carbocycles. The third-order valence-corrected chi connectivity index (χ3v) is 2.39. The molecule has 0 aliphatic rings. The quantitative estimate of drug-likeness (QED) is 0.792. The van der Waals surface area contributed by atoms with E-state index in [4.69, 9.17) is 4.74 Å². The highest BCUT2D eigenvalue weighted by Gasteiger charge is 1.99. The lowest BCUT2D eigenvalue weighted by atomic mass is 10.3. The van der Waals surface area contributed by atoms with Crippen LogP contribution in [-0.2, 0) is 6.54 Å². The van der Waals surface area contributed by atoms with E-state index >= 15 is 0 Å². The van der Waals surface area contributed by atoms with Crippen LogP contribution < -0.4 is 10.1 Å². The molecule has 4 heteroatoms. The maximum atomic E-state index is 5.56. The van der Waals surface area contributed by atoms with Crippen LogP contribution in [0.4, 0.5) is 0 Å². The smallest absolute Gasteiger partial charge is 0.238 e. The van der Waals surface area contributed by atoms with Crippen molar-refractivity contribution in [1.82, 2.24) is 15.5 Å². The molecule has 0 unspecified atom stereocenters. The standard InChI is InChI=1S/C14H17N3O/c1-2-10-15-11-12-8-9-14(17-16-12)18-13-6-4-3-5-7-13/h3-9,15H,2,10-11H2,1H3. The van der Waals surface area contributed by atoms with Crippen LogP contribution in [-0.4, -0.2) is 16.7 Å². The molecule has 1 aromatic carbocycles. The predicted molar refractivity (Wildman–Crippen MR) is 70.5 cm³/mol. The molecule has 2 aromatic rings. The Morgan fingerprint density at radius 2 is 1.89 bits per heavy atom. The van der Waals surface area contributed by atoms with Crippen LogP contribution in [0.25, 0.3) is 0 Å². The number of hydrogen-bond donors (Lipinski definition) is 1. The van der Waals surface area contributed by atoms with Crippen LogP contribution >= 0.6 is 0 Å². The van der Waals surface area contributed by atoms with E-state index in [1.807, 2.05) is 42.5 Å². The molecule has 1 heterocycles. The lowest BCUT2D eigenvalue weighted by molar-refractivity contribution is 0.453. The summed E-state index contributed by atoms with van der Waals surface area (Å²) >= 11 is 0. The molecular weight excluding hydrogens is 226 g/mol. The first-order valence-electron chi connectivity index (χ1n) is 6.14. The number of hydrogen-bond acceptors (Lipinski definition) is 4. The minimum atomic E-state index is 0.514. The minimum Gasteiger partial charge on any atom is -0.438 e. The molecule has 2 rings (SSSR count). The average Bonchev–Trinajstić information content (AvgIpc) is 2.42. The lowest BCUT2D eigenvalue weighted by Gasteiger charge is -2.05. The first-order chi connectivity index (χ1) is 8.88. The molecule has 0 amide bonds. The summed E-state index contributed by atoms with van der Waals surface area (Å²) in [6.07, 6.45) is 1.11. The molecule has 0 saturated heterocycles. The molecule has 1 N–H and O–H groups in total. The molecule has 0 aliphatic heterocycles. The number of rotatable bonds is 6. The number of nitrogens with zero attached hydrogens (tertiary/aromatic N) is 2. The normalized spacial score (nSPS) is 10.3. The van der Waals surface area contributed by atoms with Crippen LogP contribution in [0.1, 0.15) is 19.0 Å². The number of ether oxygens (including phenoxy) is 1. The van der Waals surface area contributed by atoms with E-state index in [0.717, 1.165) is 31.0 Å². The SMILES string of the molecule is CCCNCc1ccc(Oc2ccccc2)nn1. The Balaban J connectivity index is 1.91. The Labute approximate surface area is 107 Å². The fraction of sp³-hybridized carbons (Fsp3) is 0.286. The van der Waals surface area contributed by atoms with Crippen molar-refractivity contribution < 1.29 is 4.74 Å². The molecule has 1 aromatic heterocycles. The van der Waals surface area contributed by atoms with Crippen molar-refractivity contribution in [2.24, 2.45) is 0 Å². The molecule has 0 radical (unpaired) electrons. The summed E-state index contributed by atoms with van der Waals surface area (Å²) in [6.45, 7) is 3.87. The summed E-state index contributed by atoms with van der Waals surface area (Å²) in [5.41, 5.74) is 0.920. The van der Waals surface area contributed by atoms with Crippen LogP contribution in [0.15, 0.2) is 42.5 Å². The maximum absolute atomic E-state index is 5.56. The second kappa shape index (κ2) is 6.71. The molecule has 0 fully saturated rings. The Morgan fingerprint density at radius 3 is 2.56 bits per heavy atom. The Bertz CT molecular complexity index is 456. The van der Waals surface area contributed by atoms with Gasteiger partial charge in [0.05, 0.1) is 5.69 Å². The summed E-state index contributed by atoms with van der Waals surface area (Å²) in [6, 6.07) is 13.3. The second-order valence-electron chi connectivity index (χ2n) is 3.95. The van der Waals surface area contributed by atoms with Gasteiger partial charge in [-0.25, -0.2) is 0 Å². The third-order valence-electron chi connectivity index (χ3n) is 2.39. The molecule has 4 nitrogen and oxygen atoms in total. The lowest BCUT2D eigenvalue weighted by Crippen LogP contribution is -2.15. The summed E-state index contributed by atoms with van der Waals surface area (Å²) in [5.74, 6) is 1.28. The van der Waals surface area contributed by atoms with E-state index in [0.29, 0.717) is 5.88 Å². The fourth-order valence-corrected chi connectivity index (χ4v) is 1.50. The van der Waals surface area contributed by atoms with E-state index in [1.54, 1.807) is 0 Å². The molecule has 0 bridgehead atoms. The van der Waals surface area contributed by atoms with Gasteiger partial charge in [-0.3, -0.25) is 0 Å². The third kappa shape index (κ3) is 3.82. The van der Waals surface area contributed by atoms with E-state index in [-0.39, 0.29) is 0 Å². The Morgan fingerprint density at radius 1 is 1.06 bits per heavy atom. The number of para-hydroxylation sites is 1. The van der Waals surface area contributed by atoms with Gasteiger partial charge in [0.25, 0.3) is 0 Å². The molecule has 18 heavy (non-hydrogen) atoms. The van der Waals surface area contributed by atoms with Crippen molar-refractivity contribution >= 4 is 0 Å². The summed E-state index contributed by atoms with van der Waals surface area (Å²) < 4.78 is 5.56. The van der Waals surface area contributed by atoms with Gasteiger partial charge in [-0.05, 0) is 31.2 Å². The summed E-state index contributed by atoms with van der Waals surface area (Å²) in [5, 5.41) is 11.4. The Hall–Kier alpha value is -1.94. The van der Waals surface area contributed by atoms with Gasteiger partial charge < -0.3 is 10.1 Å². The van der Waals surface area contributed by atoms with Crippen molar-refractivity contribution in [3.05, 3.63) is 48.2 Å². The highest BCUT2D eigenvalue weighted by Crippen LogP contribution is 2.17. The molecular formula is C14H17N3O. The van der Waals surface area contributed by atoms with Crippen LogP contribution in [0, 0.1) is 0 Å². The molecule has 0 atom stereocenters. The minimum absolute atomic E-state index is 0.514. The van der Waals surface area contributed by atoms with Gasteiger partial charge in [-0.15, -0.1) is 5.10 Å². The zero-order valence-corrected chi connectivity index (χ0v) is 10.5. The van der Waals surface area contributed by atoms with Gasteiger partial charge in [0.1, 0.15) is 5.75 Å². The van der Waals surface area contributed by atoms with Gasteiger partial charge in [0, 0.05) is 12.6 Å². The van der Waals surface area contributed by atoms with Gasteiger partial charge in [-0.2, -0.15) is 5.10 Å². The molecule has 0 spiro atoms. The first-order valence-corrected chi connectivity index (χ1v) is 6.14. The number of nitrogens with one attached hydrogen (secondary N) is 1. The van der Waals surface area contributed by atoms with E-state index in [9.17, 15) is 0 Å². The maximum Gasteiger partial charge on any atom is 0.238 e. The highest BCUT2D eigenvalue weighted by molar-refractivity contribution is 5.26. The van der Waals surface area contributed by atoms with Gasteiger partial charge in [0.2, 0.25) is 5.88 Å². The van der Waals surface area contributed by atoms with Gasteiger partial charge in [0.15, 0.2) is 0 Å². The number of benzene rings is 1. The van der Waals surface area contributed by atoms with Crippen LogP contribution in [0.5, 0.6) is 11.6 Å². The molecule has 94 valence electrons. The van der Waals surface area contributed by atoms with Gasteiger partial charge >= 0.3 is 0 Å². The topological polar surface area (TPSA) is 47.0 Å². The zero-order valence-electron chi connectivity index (χ0n) is 10.5. The highest BCUT2D eigenvalue weighted by atomic mass is 16.5. The van der Waals surface area contributed by atoms with Crippen molar-refractivity contribution in [3.8, 4) is 11.6 Å². The fourth-order valence-electron chi connectivity index (χ4n) is 1.50. The van der Waals surface area contributed by atoms with E-state index < -0.39 is 0 Å². The Kier molecular flexibility index (Phi) is 4.67. The second-order valence-corrected chi connectivity index (χ2v) is 3.95. The zero-order chi connectivity index (χ0) is 12.6. The molecule has 0 saturated carbocycles. The largest absolute Gasteiger partial charge is 0.438 e. The first kappa shape index (κ1) is 12.5. The van der Waals surface area contributed by atoms with Gasteiger partial charge in [-0.1, -0.05) is 25.1 Å².